The number of benzene rings is 1. The maximum atomic E-state index is 12.0. The summed E-state index contributed by atoms with van der Waals surface area (Å²) in [6.45, 7) is 6.62. The van der Waals surface area contributed by atoms with Crippen LogP contribution in [0.25, 0.3) is 0 Å². The van der Waals surface area contributed by atoms with Crippen molar-refractivity contribution in [3.05, 3.63) is 33.8 Å². The molecule has 1 heterocycles. The lowest BCUT2D eigenvalue weighted by Crippen LogP contribution is -2.49. The van der Waals surface area contributed by atoms with Gasteiger partial charge in [0.2, 0.25) is 5.91 Å². The van der Waals surface area contributed by atoms with E-state index in [1.165, 1.54) is 0 Å². The molecule has 1 aliphatic rings. The quantitative estimate of drug-likeness (QED) is 0.892. The normalized spacial score (nSPS) is 22.5. The molecule has 1 aromatic carbocycles. The predicted octanol–water partition coefficient (Wildman–Crippen LogP) is 2.76. The number of carbonyl (C=O) groups is 1. The van der Waals surface area contributed by atoms with Gasteiger partial charge in [-0.25, -0.2) is 0 Å². The predicted molar refractivity (Wildman–Crippen MR) is 89.6 cm³/mol. The van der Waals surface area contributed by atoms with Gasteiger partial charge in [-0.2, -0.15) is 0 Å². The number of rotatable bonds is 5. The van der Waals surface area contributed by atoms with Gasteiger partial charge in [-0.3, -0.25) is 9.69 Å². The third-order valence-corrected chi connectivity index (χ3v) is 4.18. The third kappa shape index (κ3) is 5.43. The minimum Gasteiger partial charge on any atom is -0.373 e. The van der Waals surface area contributed by atoms with Gasteiger partial charge in [0.1, 0.15) is 0 Å². The Morgan fingerprint density at radius 3 is 2.64 bits per heavy atom. The van der Waals surface area contributed by atoms with Crippen molar-refractivity contribution in [1.29, 1.82) is 0 Å². The molecule has 0 aromatic heterocycles. The van der Waals surface area contributed by atoms with E-state index in [4.69, 9.17) is 27.9 Å². The van der Waals surface area contributed by atoms with E-state index in [9.17, 15) is 4.79 Å². The maximum absolute atomic E-state index is 12.0. The number of amides is 1. The first-order chi connectivity index (χ1) is 10.4. The van der Waals surface area contributed by atoms with Crippen molar-refractivity contribution in [2.24, 2.45) is 0 Å². The molecule has 4 nitrogen and oxygen atoms in total. The van der Waals surface area contributed by atoms with E-state index in [2.05, 4.69) is 10.2 Å². The van der Waals surface area contributed by atoms with Gasteiger partial charge >= 0.3 is 0 Å². The smallest absolute Gasteiger partial charge is 0.234 e. The van der Waals surface area contributed by atoms with Crippen molar-refractivity contribution in [3.63, 3.8) is 0 Å². The van der Waals surface area contributed by atoms with Crippen LogP contribution in [0, 0.1) is 0 Å². The van der Waals surface area contributed by atoms with E-state index in [0.29, 0.717) is 29.6 Å². The molecule has 0 spiro atoms. The van der Waals surface area contributed by atoms with Gasteiger partial charge in [-0.05, 0) is 38.0 Å². The minimum absolute atomic E-state index is 0.0337. The molecule has 122 valence electrons. The molecular weight excluding hydrogens is 323 g/mol. The van der Waals surface area contributed by atoms with Crippen LogP contribution in [0.4, 0.5) is 0 Å². The van der Waals surface area contributed by atoms with Crippen LogP contribution in [-0.2, 0) is 16.0 Å². The Bertz CT molecular complexity index is 515. The fraction of sp³-hybridized carbons (Fsp3) is 0.562. The summed E-state index contributed by atoms with van der Waals surface area (Å²) in [6, 6.07) is 5.42. The van der Waals surface area contributed by atoms with Gasteiger partial charge in [-0.1, -0.05) is 29.3 Å². The zero-order valence-corrected chi connectivity index (χ0v) is 14.5. The third-order valence-electron chi connectivity index (χ3n) is 3.59. The fourth-order valence-electron chi connectivity index (χ4n) is 2.73. The highest BCUT2D eigenvalue weighted by Gasteiger charge is 2.23. The van der Waals surface area contributed by atoms with Gasteiger partial charge in [0.15, 0.2) is 0 Å². The topological polar surface area (TPSA) is 41.6 Å². The Labute approximate surface area is 141 Å². The molecule has 1 saturated heterocycles. The van der Waals surface area contributed by atoms with E-state index in [-0.39, 0.29) is 18.1 Å². The van der Waals surface area contributed by atoms with Gasteiger partial charge < -0.3 is 10.1 Å². The van der Waals surface area contributed by atoms with Crippen molar-refractivity contribution in [2.45, 2.75) is 32.5 Å². The Morgan fingerprint density at radius 2 is 2.00 bits per heavy atom. The first-order valence-corrected chi connectivity index (χ1v) is 8.28. The molecule has 0 saturated carbocycles. The van der Waals surface area contributed by atoms with E-state index >= 15 is 0 Å². The summed E-state index contributed by atoms with van der Waals surface area (Å²) < 4.78 is 5.66. The summed E-state index contributed by atoms with van der Waals surface area (Å²) in [4.78, 5) is 14.1. The number of hydrogen-bond donors (Lipinski definition) is 1. The highest BCUT2D eigenvalue weighted by molar-refractivity contribution is 6.35. The molecule has 22 heavy (non-hydrogen) atoms. The maximum Gasteiger partial charge on any atom is 0.234 e. The molecule has 0 radical (unpaired) electrons. The Balaban J connectivity index is 1.73. The second-order valence-corrected chi connectivity index (χ2v) is 6.63. The van der Waals surface area contributed by atoms with Gasteiger partial charge in [0.05, 0.1) is 18.8 Å². The molecule has 1 fully saturated rings. The second-order valence-electron chi connectivity index (χ2n) is 5.79. The van der Waals surface area contributed by atoms with Crippen molar-refractivity contribution in [2.75, 3.05) is 26.2 Å². The molecule has 2 atom stereocenters. The molecule has 1 aliphatic heterocycles. The lowest BCUT2D eigenvalue weighted by atomic mass is 10.1. The SMILES string of the molecule is C[C@H]1CN(CC(=O)NCCc2ccc(Cl)cc2Cl)C[C@H](C)O1. The summed E-state index contributed by atoms with van der Waals surface area (Å²) in [6.07, 6.45) is 1.03. The average molecular weight is 345 g/mol. The van der Waals surface area contributed by atoms with Crippen molar-refractivity contribution >= 4 is 29.1 Å². The minimum atomic E-state index is 0.0337. The summed E-state index contributed by atoms with van der Waals surface area (Å²) in [5, 5.41) is 4.19. The number of hydrogen-bond acceptors (Lipinski definition) is 3. The zero-order chi connectivity index (χ0) is 16.1. The summed E-state index contributed by atoms with van der Waals surface area (Å²) >= 11 is 12.0. The van der Waals surface area contributed by atoms with Crippen LogP contribution in [0.5, 0.6) is 0 Å². The van der Waals surface area contributed by atoms with Crippen LogP contribution < -0.4 is 5.32 Å². The van der Waals surface area contributed by atoms with Crippen LogP contribution >= 0.6 is 23.2 Å². The molecular formula is C16H22Cl2N2O2. The standard InChI is InChI=1S/C16H22Cl2N2O2/c1-11-8-20(9-12(2)22-11)10-16(21)19-6-5-13-3-4-14(17)7-15(13)18/h3-4,7,11-12H,5-6,8-10H2,1-2H3,(H,19,21)/t11-,12-/m0/s1. The highest BCUT2D eigenvalue weighted by atomic mass is 35.5. The van der Waals surface area contributed by atoms with E-state index in [0.717, 1.165) is 18.7 Å². The Hall–Kier alpha value is -0.810. The molecule has 1 amide bonds. The number of nitrogens with one attached hydrogen (secondary N) is 1. The monoisotopic (exact) mass is 344 g/mol. The van der Waals surface area contributed by atoms with Crippen molar-refractivity contribution < 1.29 is 9.53 Å². The Kier molecular flexibility index (Phi) is 6.50. The number of nitrogens with zero attached hydrogens (tertiary/aromatic N) is 1. The van der Waals surface area contributed by atoms with Crippen LogP contribution in [0.3, 0.4) is 0 Å². The van der Waals surface area contributed by atoms with Crippen molar-refractivity contribution in [3.8, 4) is 0 Å². The molecule has 1 aromatic rings. The lowest BCUT2D eigenvalue weighted by molar-refractivity contribution is -0.125. The number of morpholine rings is 1. The first-order valence-electron chi connectivity index (χ1n) is 7.52. The van der Waals surface area contributed by atoms with Crippen LogP contribution in [0.15, 0.2) is 18.2 Å². The van der Waals surface area contributed by atoms with E-state index in [1.54, 1.807) is 12.1 Å². The molecule has 0 aliphatic carbocycles. The molecule has 2 rings (SSSR count). The second kappa shape index (κ2) is 8.16. The van der Waals surface area contributed by atoms with Crippen molar-refractivity contribution in [1.82, 2.24) is 10.2 Å². The largest absolute Gasteiger partial charge is 0.373 e. The molecule has 6 heteroatoms. The summed E-state index contributed by atoms with van der Waals surface area (Å²) in [7, 11) is 0. The van der Waals surface area contributed by atoms with Crippen LogP contribution in [-0.4, -0.2) is 49.2 Å². The van der Waals surface area contributed by atoms with Crippen LogP contribution in [0.2, 0.25) is 10.0 Å². The van der Waals surface area contributed by atoms with Gasteiger partial charge in [0.25, 0.3) is 0 Å². The number of carbonyl (C=O) groups excluding carboxylic acids is 1. The van der Waals surface area contributed by atoms with Crippen LogP contribution in [0.1, 0.15) is 19.4 Å². The molecule has 1 N–H and O–H groups in total. The first kappa shape index (κ1) is 17.5. The Morgan fingerprint density at radius 1 is 1.32 bits per heavy atom. The average Bonchev–Trinajstić information content (AvgIpc) is 2.40. The molecule has 0 unspecified atom stereocenters. The number of halogens is 2. The zero-order valence-electron chi connectivity index (χ0n) is 12.9. The van der Waals surface area contributed by atoms with Gasteiger partial charge in [-0.15, -0.1) is 0 Å². The lowest BCUT2D eigenvalue weighted by Gasteiger charge is -2.34. The van der Waals surface area contributed by atoms with Gasteiger partial charge in [0, 0.05) is 29.7 Å². The fourth-order valence-corrected chi connectivity index (χ4v) is 3.24. The summed E-state index contributed by atoms with van der Waals surface area (Å²) in [5.74, 6) is 0.0337. The highest BCUT2D eigenvalue weighted by Crippen LogP contribution is 2.21. The van der Waals surface area contributed by atoms with E-state index < -0.39 is 0 Å². The molecule has 0 bridgehead atoms. The summed E-state index contributed by atoms with van der Waals surface area (Å²) in [5.41, 5.74) is 0.986. The van der Waals surface area contributed by atoms with E-state index in [1.807, 2.05) is 19.9 Å². The number of ether oxygens (including phenoxy) is 1.